The smallest absolute Gasteiger partial charge is 0.298 e. The molecule has 0 radical (unpaired) electrons. The van der Waals surface area contributed by atoms with Gasteiger partial charge in [-0.15, -0.1) is 0 Å². The van der Waals surface area contributed by atoms with Crippen molar-refractivity contribution in [2.24, 2.45) is 0 Å². The molecule has 1 aromatic heterocycles. The van der Waals surface area contributed by atoms with Gasteiger partial charge in [-0.2, -0.15) is 13.2 Å². The first-order valence-corrected chi connectivity index (χ1v) is 4.86. The lowest BCUT2D eigenvalue weighted by molar-refractivity contribution is -0.136. The summed E-state index contributed by atoms with van der Waals surface area (Å²) in [6.07, 6.45) is -2.69. The van der Waals surface area contributed by atoms with Crippen LogP contribution < -0.4 is 0 Å². The first-order valence-electron chi connectivity index (χ1n) is 4.86. The molecule has 0 amide bonds. The number of alkyl halides is 3. The molecular formula is C12H8F3NO. The molecule has 17 heavy (non-hydrogen) atoms. The third-order valence-electron chi connectivity index (χ3n) is 2.64. The van der Waals surface area contributed by atoms with Gasteiger partial charge in [-0.3, -0.25) is 9.78 Å². The number of pyridine rings is 1. The minimum absolute atomic E-state index is 0.122. The number of para-hydroxylation sites is 1. The second-order valence-electron chi connectivity index (χ2n) is 3.66. The lowest BCUT2D eigenvalue weighted by atomic mass is 10.0. The summed E-state index contributed by atoms with van der Waals surface area (Å²) in [5.74, 6) is 0. The molecule has 0 saturated heterocycles. The molecule has 0 bridgehead atoms. The number of aromatic nitrogens is 1. The molecule has 0 atom stereocenters. The number of halogens is 3. The molecule has 88 valence electrons. The number of hydrogen-bond donors (Lipinski definition) is 0. The number of rotatable bonds is 1. The minimum atomic E-state index is -4.44. The summed E-state index contributed by atoms with van der Waals surface area (Å²) in [5.41, 5.74) is -0.0911. The van der Waals surface area contributed by atoms with Crippen LogP contribution >= 0.6 is 0 Å². The lowest BCUT2D eigenvalue weighted by Gasteiger charge is -2.11. The van der Waals surface area contributed by atoms with Crippen molar-refractivity contribution in [3.05, 3.63) is 41.1 Å². The number of aryl methyl sites for hydroxylation is 1. The summed E-state index contributed by atoms with van der Waals surface area (Å²) in [4.78, 5) is 14.4. The number of fused-ring (bicyclic) bond motifs is 1. The van der Waals surface area contributed by atoms with Gasteiger partial charge < -0.3 is 0 Å². The molecule has 2 rings (SSSR count). The van der Waals surface area contributed by atoms with Crippen LogP contribution in [0.5, 0.6) is 0 Å². The van der Waals surface area contributed by atoms with Crippen LogP contribution in [0.15, 0.2) is 24.4 Å². The van der Waals surface area contributed by atoms with Crippen LogP contribution in [-0.4, -0.2) is 11.3 Å². The van der Waals surface area contributed by atoms with E-state index < -0.39 is 11.7 Å². The molecule has 0 fully saturated rings. The van der Waals surface area contributed by atoms with Crippen LogP contribution in [0.25, 0.3) is 10.9 Å². The molecule has 1 aromatic carbocycles. The van der Waals surface area contributed by atoms with Gasteiger partial charge in [0.05, 0.1) is 11.1 Å². The first-order chi connectivity index (χ1) is 7.95. The molecule has 0 aliphatic rings. The van der Waals surface area contributed by atoms with Crippen molar-refractivity contribution in [1.29, 1.82) is 0 Å². The van der Waals surface area contributed by atoms with E-state index in [-0.39, 0.29) is 5.52 Å². The van der Waals surface area contributed by atoms with E-state index in [2.05, 4.69) is 4.98 Å². The third-order valence-corrected chi connectivity index (χ3v) is 2.64. The molecule has 0 spiro atoms. The number of carbonyl (C=O) groups is 1. The predicted molar refractivity (Wildman–Crippen MR) is 56.9 cm³/mol. The van der Waals surface area contributed by atoms with Gasteiger partial charge in [0, 0.05) is 17.1 Å². The molecule has 1 heterocycles. The van der Waals surface area contributed by atoms with E-state index in [1.165, 1.54) is 18.3 Å². The molecule has 2 aromatic rings. The number of hydrogen-bond acceptors (Lipinski definition) is 2. The van der Waals surface area contributed by atoms with Crippen LogP contribution in [-0.2, 0) is 6.18 Å². The summed E-state index contributed by atoms with van der Waals surface area (Å²) in [6, 6.07) is 3.82. The standard InChI is InChI=1S/C12H8F3NO/c1-7-8(6-17)5-16-11-9(7)3-2-4-10(11)12(13,14)15/h2-6H,1H3. The summed E-state index contributed by atoms with van der Waals surface area (Å²) >= 11 is 0. The second kappa shape index (κ2) is 3.84. The Hall–Kier alpha value is -1.91. The summed E-state index contributed by atoms with van der Waals surface area (Å²) in [5, 5.41) is 0.351. The Morgan fingerprint density at radius 1 is 1.29 bits per heavy atom. The number of aldehydes is 1. The summed E-state index contributed by atoms with van der Waals surface area (Å²) in [7, 11) is 0. The van der Waals surface area contributed by atoms with Crippen molar-refractivity contribution in [2.75, 3.05) is 0 Å². The Bertz CT molecular complexity index is 590. The van der Waals surface area contributed by atoms with Crippen LogP contribution in [0.4, 0.5) is 13.2 Å². The van der Waals surface area contributed by atoms with E-state index in [4.69, 9.17) is 0 Å². The second-order valence-corrected chi connectivity index (χ2v) is 3.66. The van der Waals surface area contributed by atoms with Crippen molar-refractivity contribution in [1.82, 2.24) is 4.98 Å². The van der Waals surface area contributed by atoms with Crippen LogP contribution in [0, 0.1) is 6.92 Å². The van der Waals surface area contributed by atoms with Gasteiger partial charge in [0.1, 0.15) is 0 Å². The van der Waals surface area contributed by atoms with Crippen molar-refractivity contribution in [2.45, 2.75) is 13.1 Å². The van der Waals surface area contributed by atoms with E-state index >= 15 is 0 Å². The normalized spacial score (nSPS) is 11.8. The fraction of sp³-hybridized carbons (Fsp3) is 0.167. The highest BCUT2D eigenvalue weighted by molar-refractivity contribution is 5.91. The Morgan fingerprint density at radius 3 is 2.59 bits per heavy atom. The van der Waals surface area contributed by atoms with Crippen LogP contribution in [0.3, 0.4) is 0 Å². The highest BCUT2D eigenvalue weighted by atomic mass is 19.4. The van der Waals surface area contributed by atoms with Crippen molar-refractivity contribution in [3.63, 3.8) is 0 Å². The molecule has 0 aliphatic carbocycles. The molecule has 0 N–H and O–H groups in total. The average molecular weight is 239 g/mol. The molecular weight excluding hydrogens is 231 g/mol. The quantitative estimate of drug-likeness (QED) is 0.714. The van der Waals surface area contributed by atoms with Gasteiger partial charge in [-0.1, -0.05) is 12.1 Å². The first kappa shape index (κ1) is 11.6. The van der Waals surface area contributed by atoms with Crippen molar-refractivity contribution < 1.29 is 18.0 Å². The van der Waals surface area contributed by atoms with E-state index in [1.807, 2.05) is 0 Å². The fourth-order valence-corrected chi connectivity index (χ4v) is 1.72. The van der Waals surface area contributed by atoms with E-state index in [0.717, 1.165) is 6.07 Å². The lowest BCUT2D eigenvalue weighted by Crippen LogP contribution is -2.07. The van der Waals surface area contributed by atoms with Gasteiger partial charge in [0.15, 0.2) is 6.29 Å². The molecule has 0 unspecified atom stereocenters. The topological polar surface area (TPSA) is 30.0 Å². The maximum absolute atomic E-state index is 12.7. The average Bonchev–Trinajstić information content (AvgIpc) is 2.28. The zero-order chi connectivity index (χ0) is 12.6. The SMILES string of the molecule is Cc1c(C=O)cnc2c(C(F)(F)F)cccc12. The maximum Gasteiger partial charge on any atom is 0.418 e. The molecule has 0 aliphatic heterocycles. The maximum atomic E-state index is 12.7. The number of nitrogens with zero attached hydrogens (tertiary/aromatic N) is 1. The summed E-state index contributed by atoms with van der Waals surface area (Å²) < 4.78 is 38.2. The van der Waals surface area contributed by atoms with Gasteiger partial charge in [-0.25, -0.2) is 0 Å². The minimum Gasteiger partial charge on any atom is -0.298 e. The van der Waals surface area contributed by atoms with Crippen molar-refractivity contribution in [3.8, 4) is 0 Å². The van der Waals surface area contributed by atoms with Gasteiger partial charge >= 0.3 is 6.18 Å². The highest BCUT2D eigenvalue weighted by Crippen LogP contribution is 2.34. The van der Waals surface area contributed by atoms with Crippen LogP contribution in [0.2, 0.25) is 0 Å². The van der Waals surface area contributed by atoms with Gasteiger partial charge in [0.2, 0.25) is 0 Å². The van der Waals surface area contributed by atoms with Gasteiger partial charge in [-0.05, 0) is 18.6 Å². The molecule has 5 heteroatoms. The summed E-state index contributed by atoms with van der Waals surface area (Å²) in [6.45, 7) is 1.61. The third kappa shape index (κ3) is 1.88. The largest absolute Gasteiger partial charge is 0.418 e. The number of benzene rings is 1. The molecule has 2 nitrogen and oxygen atoms in total. The number of carbonyl (C=O) groups excluding carboxylic acids is 1. The Balaban J connectivity index is 2.84. The Morgan fingerprint density at radius 2 is 2.00 bits per heavy atom. The Labute approximate surface area is 95.1 Å². The van der Waals surface area contributed by atoms with E-state index in [9.17, 15) is 18.0 Å². The fourth-order valence-electron chi connectivity index (χ4n) is 1.72. The zero-order valence-electron chi connectivity index (χ0n) is 8.88. The zero-order valence-corrected chi connectivity index (χ0v) is 8.88. The highest BCUT2D eigenvalue weighted by Gasteiger charge is 2.33. The van der Waals surface area contributed by atoms with Crippen LogP contribution in [0.1, 0.15) is 21.5 Å². The monoisotopic (exact) mass is 239 g/mol. The Kier molecular flexibility index (Phi) is 2.61. The predicted octanol–water partition coefficient (Wildman–Crippen LogP) is 3.37. The molecule has 0 saturated carbocycles. The van der Waals surface area contributed by atoms with E-state index in [0.29, 0.717) is 22.8 Å². The van der Waals surface area contributed by atoms with Crippen molar-refractivity contribution >= 4 is 17.2 Å². The van der Waals surface area contributed by atoms with E-state index in [1.54, 1.807) is 6.92 Å². The van der Waals surface area contributed by atoms with Gasteiger partial charge in [0.25, 0.3) is 0 Å².